The number of rotatable bonds is 7. The molecule has 0 aliphatic carbocycles. The van der Waals surface area contributed by atoms with Crippen molar-refractivity contribution < 1.29 is 0 Å². The van der Waals surface area contributed by atoms with Gasteiger partial charge in [0.15, 0.2) is 5.96 Å². The van der Waals surface area contributed by atoms with Crippen LogP contribution in [0.1, 0.15) is 29.2 Å². The number of hydrogen-bond acceptors (Lipinski definition) is 4. The summed E-state index contributed by atoms with van der Waals surface area (Å²) in [6.45, 7) is 6.30. The minimum Gasteiger partial charge on any atom is -0.356 e. The summed E-state index contributed by atoms with van der Waals surface area (Å²) in [5.74, 6) is 0.860. The highest BCUT2D eigenvalue weighted by molar-refractivity contribution is 14.0. The van der Waals surface area contributed by atoms with E-state index in [2.05, 4.69) is 25.6 Å². The SMILES string of the molecule is CN=C(NCCCCn1c(C)cccc1=O)N(C)Cc1csc(C)n1.I. The van der Waals surface area contributed by atoms with Crippen molar-refractivity contribution >= 4 is 41.3 Å². The summed E-state index contributed by atoms with van der Waals surface area (Å²) in [5, 5.41) is 6.54. The lowest BCUT2D eigenvalue weighted by atomic mass is 10.3. The number of pyridine rings is 1. The van der Waals surface area contributed by atoms with Crippen LogP contribution < -0.4 is 10.9 Å². The number of guanidine groups is 1. The number of aromatic nitrogens is 2. The van der Waals surface area contributed by atoms with Gasteiger partial charge in [-0.1, -0.05) is 6.07 Å². The topological polar surface area (TPSA) is 62.5 Å². The summed E-state index contributed by atoms with van der Waals surface area (Å²) in [6, 6.07) is 5.39. The first kappa shape index (κ1) is 22.6. The zero-order valence-corrected chi connectivity index (χ0v) is 19.0. The van der Waals surface area contributed by atoms with E-state index in [1.54, 1.807) is 30.5 Å². The van der Waals surface area contributed by atoms with E-state index in [-0.39, 0.29) is 29.5 Å². The molecule has 0 saturated heterocycles. The maximum Gasteiger partial charge on any atom is 0.250 e. The third kappa shape index (κ3) is 6.71. The zero-order valence-electron chi connectivity index (χ0n) is 15.9. The van der Waals surface area contributed by atoms with Gasteiger partial charge in [-0.2, -0.15) is 0 Å². The van der Waals surface area contributed by atoms with Crippen LogP contribution in [0, 0.1) is 13.8 Å². The molecule has 0 amide bonds. The Morgan fingerprint density at radius 2 is 2.12 bits per heavy atom. The number of aliphatic imine (C=N–C) groups is 1. The Balaban J connectivity index is 0.00000338. The Morgan fingerprint density at radius 3 is 2.73 bits per heavy atom. The molecule has 8 heteroatoms. The summed E-state index contributed by atoms with van der Waals surface area (Å²) in [5.41, 5.74) is 2.14. The molecule has 0 saturated carbocycles. The molecule has 2 aromatic heterocycles. The summed E-state index contributed by atoms with van der Waals surface area (Å²) < 4.78 is 1.82. The van der Waals surface area contributed by atoms with Gasteiger partial charge in [0.1, 0.15) is 0 Å². The van der Waals surface area contributed by atoms with E-state index in [9.17, 15) is 4.79 Å². The molecular formula is C18H28IN5OS. The molecule has 0 atom stereocenters. The summed E-state index contributed by atoms with van der Waals surface area (Å²) in [4.78, 5) is 22.7. The Hall–Kier alpha value is -1.42. The van der Waals surface area contributed by atoms with Gasteiger partial charge in [0.25, 0.3) is 5.56 Å². The summed E-state index contributed by atoms with van der Waals surface area (Å²) in [6.07, 6.45) is 1.92. The zero-order chi connectivity index (χ0) is 18.2. The highest BCUT2D eigenvalue weighted by atomic mass is 127. The van der Waals surface area contributed by atoms with Crippen molar-refractivity contribution in [1.82, 2.24) is 19.8 Å². The van der Waals surface area contributed by atoms with Gasteiger partial charge >= 0.3 is 0 Å². The van der Waals surface area contributed by atoms with E-state index in [1.165, 1.54) is 0 Å². The quantitative estimate of drug-likeness (QED) is 0.281. The number of unbranched alkanes of at least 4 members (excludes halogenated alkanes) is 1. The third-order valence-corrected chi connectivity index (χ3v) is 4.82. The molecule has 2 aromatic rings. The minimum atomic E-state index is 0. The number of nitrogens with zero attached hydrogens (tertiary/aromatic N) is 4. The van der Waals surface area contributed by atoms with E-state index >= 15 is 0 Å². The van der Waals surface area contributed by atoms with Gasteiger partial charge in [-0.15, -0.1) is 35.3 Å². The predicted octanol–water partition coefficient (Wildman–Crippen LogP) is 3.03. The van der Waals surface area contributed by atoms with Crippen LogP contribution >= 0.6 is 35.3 Å². The third-order valence-electron chi connectivity index (χ3n) is 4.00. The monoisotopic (exact) mass is 489 g/mol. The second-order valence-electron chi connectivity index (χ2n) is 6.05. The molecule has 2 heterocycles. The molecule has 0 aromatic carbocycles. The number of nitrogens with one attached hydrogen (secondary N) is 1. The molecule has 0 aliphatic heterocycles. The van der Waals surface area contributed by atoms with Gasteiger partial charge in [-0.3, -0.25) is 9.79 Å². The predicted molar refractivity (Wildman–Crippen MR) is 120 cm³/mol. The van der Waals surface area contributed by atoms with Crippen molar-refractivity contribution in [2.45, 2.75) is 39.8 Å². The average Bonchev–Trinajstić information content (AvgIpc) is 2.98. The molecule has 6 nitrogen and oxygen atoms in total. The van der Waals surface area contributed by atoms with Crippen LogP contribution in [-0.4, -0.2) is 41.1 Å². The van der Waals surface area contributed by atoms with Gasteiger partial charge in [-0.25, -0.2) is 4.98 Å². The molecule has 26 heavy (non-hydrogen) atoms. The van der Waals surface area contributed by atoms with Crippen molar-refractivity contribution in [3.63, 3.8) is 0 Å². The lowest BCUT2D eigenvalue weighted by Gasteiger charge is -2.21. The van der Waals surface area contributed by atoms with E-state index < -0.39 is 0 Å². The van der Waals surface area contributed by atoms with E-state index in [4.69, 9.17) is 0 Å². The van der Waals surface area contributed by atoms with Gasteiger partial charge in [-0.05, 0) is 32.8 Å². The van der Waals surface area contributed by atoms with Gasteiger partial charge in [0, 0.05) is 44.3 Å². The standard InChI is InChI=1S/C18H27N5OS.HI/c1-14-8-7-9-17(24)23(14)11-6-5-10-20-18(19-3)22(4)12-16-13-25-15(2)21-16;/h7-9,13H,5-6,10-12H2,1-4H3,(H,19,20);1H. The van der Waals surface area contributed by atoms with Crippen LogP contribution in [0.5, 0.6) is 0 Å². The molecule has 0 spiro atoms. The van der Waals surface area contributed by atoms with Crippen LogP contribution in [0.3, 0.4) is 0 Å². The summed E-state index contributed by atoms with van der Waals surface area (Å²) in [7, 11) is 3.80. The minimum absolute atomic E-state index is 0. The molecule has 0 bridgehead atoms. The molecular weight excluding hydrogens is 461 g/mol. The number of hydrogen-bond donors (Lipinski definition) is 1. The number of thiazole rings is 1. The van der Waals surface area contributed by atoms with Crippen molar-refractivity contribution in [3.8, 4) is 0 Å². The molecule has 2 rings (SSSR count). The molecule has 144 valence electrons. The van der Waals surface area contributed by atoms with Crippen molar-refractivity contribution in [1.29, 1.82) is 0 Å². The van der Waals surface area contributed by atoms with Crippen molar-refractivity contribution in [2.24, 2.45) is 4.99 Å². The molecule has 1 N–H and O–H groups in total. The molecule has 0 fully saturated rings. The van der Waals surface area contributed by atoms with Crippen LogP contribution in [0.2, 0.25) is 0 Å². The van der Waals surface area contributed by atoms with E-state index in [0.29, 0.717) is 0 Å². The van der Waals surface area contributed by atoms with Gasteiger partial charge in [0.2, 0.25) is 0 Å². The van der Waals surface area contributed by atoms with Crippen LogP contribution in [0.4, 0.5) is 0 Å². The summed E-state index contributed by atoms with van der Waals surface area (Å²) >= 11 is 1.66. The first-order valence-corrected chi connectivity index (χ1v) is 9.38. The Morgan fingerprint density at radius 1 is 1.35 bits per heavy atom. The average molecular weight is 489 g/mol. The van der Waals surface area contributed by atoms with E-state index in [0.717, 1.165) is 54.8 Å². The second kappa shape index (κ2) is 11.3. The Labute approximate surface area is 176 Å². The lowest BCUT2D eigenvalue weighted by molar-refractivity contribution is 0.467. The second-order valence-corrected chi connectivity index (χ2v) is 7.11. The van der Waals surface area contributed by atoms with Crippen molar-refractivity contribution in [2.75, 3.05) is 20.6 Å². The molecule has 0 unspecified atom stereocenters. The van der Waals surface area contributed by atoms with Crippen molar-refractivity contribution in [3.05, 3.63) is 50.3 Å². The Bertz CT molecular complexity index is 771. The lowest BCUT2D eigenvalue weighted by Crippen LogP contribution is -2.39. The fraction of sp³-hybridized carbons (Fsp3) is 0.500. The number of halogens is 1. The maximum atomic E-state index is 11.8. The fourth-order valence-electron chi connectivity index (χ4n) is 2.69. The smallest absolute Gasteiger partial charge is 0.250 e. The molecule has 0 aliphatic rings. The first-order valence-electron chi connectivity index (χ1n) is 8.50. The highest BCUT2D eigenvalue weighted by Gasteiger charge is 2.08. The highest BCUT2D eigenvalue weighted by Crippen LogP contribution is 2.09. The van der Waals surface area contributed by atoms with E-state index in [1.807, 2.05) is 31.5 Å². The molecule has 0 radical (unpaired) electrons. The Kier molecular flexibility index (Phi) is 9.85. The van der Waals surface area contributed by atoms with Crippen LogP contribution in [-0.2, 0) is 13.1 Å². The van der Waals surface area contributed by atoms with Crippen LogP contribution in [0.25, 0.3) is 0 Å². The van der Waals surface area contributed by atoms with Crippen LogP contribution in [0.15, 0.2) is 33.4 Å². The maximum absolute atomic E-state index is 11.8. The van der Waals surface area contributed by atoms with Gasteiger partial charge in [0.05, 0.1) is 17.2 Å². The largest absolute Gasteiger partial charge is 0.356 e. The first-order chi connectivity index (χ1) is 12.0. The number of aryl methyl sites for hydroxylation is 2. The van der Waals surface area contributed by atoms with Gasteiger partial charge < -0.3 is 14.8 Å². The fourth-order valence-corrected chi connectivity index (χ4v) is 3.29. The normalized spacial score (nSPS) is 11.2.